The van der Waals surface area contributed by atoms with E-state index in [0.717, 1.165) is 19.3 Å². The molecule has 0 amide bonds. The van der Waals surface area contributed by atoms with Gasteiger partial charge >= 0.3 is 5.69 Å². The molecule has 0 aliphatic heterocycles. The van der Waals surface area contributed by atoms with Crippen molar-refractivity contribution in [3.05, 3.63) is 16.3 Å². The molecule has 0 bridgehead atoms. The third-order valence-corrected chi connectivity index (χ3v) is 2.37. The van der Waals surface area contributed by atoms with E-state index < -0.39 is 4.92 Å². The Labute approximate surface area is 106 Å². The molecule has 0 aromatic carbocycles. The van der Waals surface area contributed by atoms with Gasteiger partial charge in [-0.15, -0.1) is 0 Å². The van der Waals surface area contributed by atoms with E-state index in [0.29, 0.717) is 19.0 Å². The number of unbranched alkanes of at least 4 members (excludes halogenated alkanes) is 2. The molecule has 18 heavy (non-hydrogen) atoms. The van der Waals surface area contributed by atoms with Crippen LogP contribution >= 0.6 is 0 Å². The van der Waals surface area contributed by atoms with E-state index in [-0.39, 0.29) is 11.5 Å². The summed E-state index contributed by atoms with van der Waals surface area (Å²) < 4.78 is 0. The van der Waals surface area contributed by atoms with Gasteiger partial charge in [-0.2, -0.15) is 4.98 Å². The molecule has 7 heteroatoms. The van der Waals surface area contributed by atoms with Gasteiger partial charge in [0.25, 0.3) is 0 Å². The summed E-state index contributed by atoms with van der Waals surface area (Å²) in [6.45, 7) is 5.37. The molecule has 0 atom stereocenters. The normalized spacial score (nSPS) is 10.1. The molecular formula is C11H19N5O2. The Balaban J connectivity index is 2.76. The molecule has 0 saturated carbocycles. The summed E-state index contributed by atoms with van der Waals surface area (Å²) in [6.07, 6.45) is 4.39. The Kier molecular flexibility index (Phi) is 5.83. The number of aromatic nitrogens is 2. The lowest BCUT2D eigenvalue weighted by molar-refractivity contribution is -0.384. The van der Waals surface area contributed by atoms with E-state index in [1.165, 1.54) is 6.20 Å². The Morgan fingerprint density at radius 1 is 1.33 bits per heavy atom. The summed E-state index contributed by atoms with van der Waals surface area (Å²) in [7, 11) is 0. The lowest BCUT2D eigenvalue weighted by Crippen LogP contribution is -2.10. The standard InChI is InChI=1S/C11H19N5O2/c1-3-5-6-7-13-10-9(16(17)18)8-14-11(15-10)12-4-2/h8H,3-7H2,1-2H3,(H2,12,13,14,15). The summed E-state index contributed by atoms with van der Waals surface area (Å²) in [5.74, 6) is 0.683. The van der Waals surface area contributed by atoms with Gasteiger partial charge in [-0.05, 0) is 13.3 Å². The molecule has 0 fully saturated rings. The highest BCUT2D eigenvalue weighted by atomic mass is 16.6. The van der Waals surface area contributed by atoms with Gasteiger partial charge in [0.15, 0.2) is 0 Å². The summed E-state index contributed by atoms with van der Waals surface area (Å²) in [4.78, 5) is 18.4. The van der Waals surface area contributed by atoms with Gasteiger partial charge in [-0.1, -0.05) is 19.8 Å². The van der Waals surface area contributed by atoms with Crippen LogP contribution in [0.3, 0.4) is 0 Å². The molecular weight excluding hydrogens is 234 g/mol. The summed E-state index contributed by atoms with van der Waals surface area (Å²) in [6, 6.07) is 0. The number of rotatable bonds is 8. The van der Waals surface area contributed by atoms with Crippen LogP contribution in [0.2, 0.25) is 0 Å². The van der Waals surface area contributed by atoms with Crippen molar-refractivity contribution in [2.75, 3.05) is 23.7 Å². The maximum Gasteiger partial charge on any atom is 0.329 e. The van der Waals surface area contributed by atoms with Gasteiger partial charge in [0.05, 0.1) is 4.92 Å². The molecule has 0 aliphatic rings. The third-order valence-electron chi connectivity index (χ3n) is 2.37. The highest BCUT2D eigenvalue weighted by Gasteiger charge is 2.16. The molecule has 2 N–H and O–H groups in total. The lowest BCUT2D eigenvalue weighted by Gasteiger charge is -2.07. The van der Waals surface area contributed by atoms with Crippen molar-refractivity contribution in [2.45, 2.75) is 33.1 Å². The molecule has 0 unspecified atom stereocenters. The zero-order chi connectivity index (χ0) is 13.4. The van der Waals surface area contributed by atoms with E-state index in [4.69, 9.17) is 0 Å². The van der Waals surface area contributed by atoms with Gasteiger partial charge in [-0.3, -0.25) is 10.1 Å². The second-order valence-corrected chi connectivity index (χ2v) is 3.85. The summed E-state index contributed by atoms with van der Waals surface area (Å²) in [5.41, 5.74) is -0.0897. The van der Waals surface area contributed by atoms with Crippen molar-refractivity contribution in [3.8, 4) is 0 Å². The van der Waals surface area contributed by atoms with E-state index in [1.54, 1.807) is 0 Å². The summed E-state index contributed by atoms with van der Waals surface area (Å²) >= 11 is 0. The van der Waals surface area contributed by atoms with Crippen LogP contribution in [-0.2, 0) is 0 Å². The van der Waals surface area contributed by atoms with E-state index in [9.17, 15) is 10.1 Å². The highest BCUT2D eigenvalue weighted by Crippen LogP contribution is 2.21. The number of nitro groups is 1. The topological polar surface area (TPSA) is 93.0 Å². The number of hydrogen-bond acceptors (Lipinski definition) is 6. The van der Waals surface area contributed by atoms with Gasteiger partial charge in [-0.25, -0.2) is 4.98 Å². The molecule has 0 spiro atoms. The SMILES string of the molecule is CCCCCNc1nc(NCC)ncc1[N+](=O)[O-]. The molecule has 100 valence electrons. The monoisotopic (exact) mass is 253 g/mol. The minimum atomic E-state index is -0.474. The first-order chi connectivity index (χ1) is 8.69. The van der Waals surface area contributed by atoms with E-state index in [2.05, 4.69) is 27.5 Å². The maximum absolute atomic E-state index is 10.8. The smallest absolute Gasteiger partial charge is 0.329 e. The van der Waals surface area contributed by atoms with Crippen LogP contribution < -0.4 is 10.6 Å². The van der Waals surface area contributed by atoms with Crippen LogP contribution in [-0.4, -0.2) is 28.0 Å². The first-order valence-electron chi connectivity index (χ1n) is 6.18. The zero-order valence-corrected chi connectivity index (χ0v) is 10.8. The van der Waals surface area contributed by atoms with Crippen molar-refractivity contribution < 1.29 is 4.92 Å². The first kappa shape index (κ1) is 14.1. The van der Waals surface area contributed by atoms with Crippen molar-refractivity contribution in [2.24, 2.45) is 0 Å². The molecule has 1 aromatic heterocycles. The van der Waals surface area contributed by atoms with Crippen molar-refractivity contribution in [1.29, 1.82) is 0 Å². The minimum Gasteiger partial charge on any atom is -0.364 e. The second kappa shape index (κ2) is 7.41. The van der Waals surface area contributed by atoms with Crippen molar-refractivity contribution in [3.63, 3.8) is 0 Å². The quantitative estimate of drug-likeness (QED) is 0.420. The number of anilines is 2. The van der Waals surface area contributed by atoms with Gasteiger partial charge < -0.3 is 10.6 Å². The molecule has 1 aromatic rings. The van der Waals surface area contributed by atoms with E-state index >= 15 is 0 Å². The predicted molar refractivity (Wildman–Crippen MR) is 70.9 cm³/mol. The zero-order valence-electron chi connectivity index (χ0n) is 10.8. The number of nitrogens with zero attached hydrogens (tertiary/aromatic N) is 3. The summed E-state index contributed by atoms with van der Waals surface area (Å²) in [5, 5.41) is 16.8. The fraction of sp³-hybridized carbons (Fsp3) is 0.636. The molecule has 1 heterocycles. The van der Waals surface area contributed by atoms with Crippen LogP contribution in [0.25, 0.3) is 0 Å². The molecule has 0 radical (unpaired) electrons. The minimum absolute atomic E-state index is 0.0897. The lowest BCUT2D eigenvalue weighted by atomic mass is 10.2. The number of hydrogen-bond donors (Lipinski definition) is 2. The van der Waals surface area contributed by atoms with Crippen molar-refractivity contribution >= 4 is 17.5 Å². The Hall–Kier alpha value is -1.92. The molecule has 0 saturated heterocycles. The molecule has 1 rings (SSSR count). The second-order valence-electron chi connectivity index (χ2n) is 3.85. The van der Waals surface area contributed by atoms with Crippen LogP contribution in [0.4, 0.5) is 17.5 Å². The van der Waals surface area contributed by atoms with E-state index in [1.807, 2.05) is 6.92 Å². The predicted octanol–water partition coefficient (Wildman–Crippen LogP) is 2.42. The number of nitrogens with one attached hydrogen (secondary N) is 2. The van der Waals surface area contributed by atoms with Crippen LogP contribution in [0.1, 0.15) is 33.1 Å². The first-order valence-corrected chi connectivity index (χ1v) is 6.18. The van der Waals surface area contributed by atoms with Crippen LogP contribution in [0.15, 0.2) is 6.20 Å². The molecule has 7 nitrogen and oxygen atoms in total. The fourth-order valence-electron chi connectivity index (χ4n) is 1.46. The highest BCUT2D eigenvalue weighted by molar-refractivity contribution is 5.56. The molecule has 0 aliphatic carbocycles. The Bertz CT molecular complexity index is 397. The van der Waals surface area contributed by atoms with Gasteiger partial charge in [0.2, 0.25) is 11.8 Å². The van der Waals surface area contributed by atoms with Gasteiger partial charge in [0.1, 0.15) is 6.20 Å². The largest absolute Gasteiger partial charge is 0.364 e. The van der Waals surface area contributed by atoms with Crippen LogP contribution in [0.5, 0.6) is 0 Å². The Morgan fingerprint density at radius 2 is 2.11 bits per heavy atom. The van der Waals surface area contributed by atoms with Crippen molar-refractivity contribution in [1.82, 2.24) is 9.97 Å². The average Bonchev–Trinajstić information content (AvgIpc) is 2.35. The average molecular weight is 253 g/mol. The van der Waals surface area contributed by atoms with Gasteiger partial charge in [0, 0.05) is 13.1 Å². The Morgan fingerprint density at radius 3 is 2.72 bits per heavy atom. The van der Waals surface area contributed by atoms with Crippen LogP contribution in [0, 0.1) is 10.1 Å². The third kappa shape index (κ3) is 4.15. The fourth-order valence-corrected chi connectivity index (χ4v) is 1.46. The maximum atomic E-state index is 10.8.